The number of hydrogen-bond donors (Lipinski definition) is 3. The molecule has 0 saturated heterocycles. The number of nitrogens with zero attached hydrogens (tertiary/aromatic N) is 1. The summed E-state index contributed by atoms with van der Waals surface area (Å²) in [7, 11) is 0. The highest BCUT2D eigenvalue weighted by Crippen LogP contribution is 2.28. The number of H-pyrrole nitrogens is 1. The molecule has 0 radical (unpaired) electrons. The summed E-state index contributed by atoms with van der Waals surface area (Å²) in [5, 5.41) is 23.1. The van der Waals surface area contributed by atoms with Gasteiger partial charge in [-0.25, -0.2) is 0 Å². The molecular weight excluding hydrogens is 238 g/mol. The zero-order chi connectivity index (χ0) is 13.2. The second-order valence-corrected chi connectivity index (χ2v) is 4.64. The molecule has 1 aliphatic carbocycles. The van der Waals surface area contributed by atoms with Crippen molar-refractivity contribution in [3.63, 3.8) is 0 Å². The van der Waals surface area contributed by atoms with Crippen LogP contribution in [0.25, 0.3) is 0 Å². The lowest BCUT2D eigenvalue weighted by molar-refractivity contribution is -0.384. The summed E-state index contributed by atoms with van der Waals surface area (Å²) < 4.78 is 0. The quantitative estimate of drug-likeness (QED) is 0.548. The van der Waals surface area contributed by atoms with Crippen LogP contribution >= 0.6 is 0 Å². The molecule has 1 fully saturated rings. The highest BCUT2D eigenvalue weighted by molar-refractivity contribution is 5.93. The number of aliphatic hydroxyl groups is 1. The Morgan fingerprint density at radius 3 is 2.78 bits per heavy atom. The minimum absolute atomic E-state index is 0.128. The normalized spacial score (nSPS) is 17.6. The van der Waals surface area contributed by atoms with Crippen molar-refractivity contribution < 1.29 is 14.8 Å². The number of aromatic nitrogens is 1. The maximum atomic E-state index is 11.7. The Morgan fingerprint density at radius 2 is 2.22 bits per heavy atom. The van der Waals surface area contributed by atoms with Crippen LogP contribution in [0.5, 0.6) is 0 Å². The number of aromatic amines is 1. The number of amides is 1. The number of carbonyl (C=O) groups is 1. The fourth-order valence-corrected chi connectivity index (χ4v) is 2.17. The van der Waals surface area contributed by atoms with Crippen LogP contribution in [0.2, 0.25) is 0 Å². The van der Waals surface area contributed by atoms with Gasteiger partial charge in [0.15, 0.2) is 0 Å². The molecular formula is C11H15N3O4. The second-order valence-electron chi connectivity index (χ2n) is 4.64. The molecule has 98 valence electrons. The maximum absolute atomic E-state index is 11.7. The van der Waals surface area contributed by atoms with Gasteiger partial charge < -0.3 is 15.4 Å². The van der Waals surface area contributed by atoms with E-state index in [1.165, 1.54) is 12.3 Å². The molecule has 0 unspecified atom stereocenters. The van der Waals surface area contributed by atoms with Gasteiger partial charge in [0, 0.05) is 12.6 Å². The van der Waals surface area contributed by atoms with E-state index < -0.39 is 16.4 Å². The third kappa shape index (κ3) is 2.67. The molecule has 2 rings (SSSR count). The van der Waals surface area contributed by atoms with E-state index in [9.17, 15) is 20.0 Å². The first kappa shape index (κ1) is 12.6. The van der Waals surface area contributed by atoms with E-state index in [1.807, 2.05) is 0 Å². The van der Waals surface area contributed by atoms with E-state index in [-0.39, 0.29) is 17.9 Å². The molecule has 1 saturated carbocycles. The van der Waals surface area contributed by atoms with Crippen molar-refractivity contribution in [2.45, 2.75) is 31.3 Å². The molecule has 0 spiro atoms. The zero-order valence-corrected chi connectivity index (χ0v) is 9.81. The first-order chi connectivity index (χ1) is 8.50. The molecule has 0 aliphatic heterocycles. The molecule has 0 aromatic carbocycles. The van der Waals surface area contributed by atoms with Crippen molar-refractivity contribution in [3.8, 4) is 0 Å². The van der Waals surface area contributed by atoms with E-state index >= 15 is 0 Å². The predicted octanol–water partition coefficient (Wildman–Crippen LogP) is 0.958. The Hall–Kier alpha value is -1.89. The van der Waals surface area contributed by atoms with Gasteiger partial charge in [-0.15, -0.1) is 0 Å². The van der Waals surface area contributed by atoms with Gasteiger partial charge in [0.25, 0.3) is 11.6 Å². The lowest BCUT2D eigenvalue weighted by Gasteiger charge is -2.21. The molecule has 7 nitrogen and oxygen atoms in total. The molecule has 1 aromatic heterocycles. The molecule has 3 N–H and O–H groups in total. The number of nitrogens with one attached hydrogen (secondary N) is 2. The Bertz CT molecular complexity index is 463. The van der Waals surface area contributed by atoms with Gasteiger partial charge in [0.2, 0.25) is 0 Å². The Morgan fingerprint density at radius 1 is 1.56 bits per heavy atom. The fraction of sp³-hybridized carbons (Fsp3) is 0.545. The van der Waals surface area contributed by atoms with Crippen LogP contribution in [-0.2, 0) is 0 Å². The van der Waals surface area contributed by atoms with Crippen LogP contribution in [0.3, 0.4) is 0 Å². The predicted molar refractivity (Wildman–Crippen MR) is 63.2 cm³/mol. The first-order valence-electron chi connectivity index (χ1n) is 5.84. The topological polar surface area (TPSA) is 108 Å². The standard InChI is InChI=1S/C11H15N3O4/c15-10(9-5-8(6-12-9)14(17)18)13-7-11(16)3-1-2-4-11/h5-6,12,16H,1-4,7H2,(H,13,15). The fourth-order valence-electron chi connectivity index (χ4n) is 2.17. The summed E-state index contributed by atoms with van der Waals surface area (Å²) in [6.45, 7) is 0.179. The first-order valence-corrected chi connectivity index (χ1v) is 5.84. The smallest absolute Gasteiger partial charge is 0.287 e. The van der Waals surface area contributed by atoms with Gasteiger partial charge in [-0.05, 0) is 12.8 Å². The monoisotopic (exact) mass is 253 g/mol. The molecule has 1 aliphatic rings. The second kappa shape index (κ2) is 4.77. The summed E-state index contributed by atoms with van der Waals surface area (Å²) in [6.07, 6.45) is 4.44. The summed E-state index contributed by atoms with van der Waals surface area (Å²) in [5.41, 5.74) is -0.850. The van der Waals surface area contributed by atoms with Crippen molar-refractivity contribution >= 4 is 11.6 Å². The molecule has 1 aromatic rings. The van der Waals surface area contributed by atoms with Gasteiger partial charge in [-0.2, -0.15) is 0 Å². The van der Waals surface area contributed by atoms with Gasteiger partial charge in [-0.1, -0.05) is 12.8 Å². The summed E-state index contributed by atoms with van der Waals surface area (Å²) in [6, 6.07) is 1.17. The number of carbonyl (C=O) groups excluding carboxylic acids is 1. The molecule has 7 heteroatoms. The third-order valence-corrected chi connectivity index (χ3v) is 3.24. The van der Waals surface area contributed by atoms with E-state index in [2.05, 4.69) is 10.3 Å². The number of rotatable bonds is 4. The van der Waals surface area contributed by atoms with Gasteiger partial charge >= 0.3 is 0 Å². The molecule has 1 heterocycles. The van der Waals surface area contributed by atoms with Crippen LogP contribution in [0.15, 0.2) is 12.3 Å². The van der Waals surface area contributed by atoms with Crippen LogP contribution in [0.1, 0.15) is 36.2 Å². The van der Waals surface area contributed by atoms with Crippen molar-refractivity contribution in [3.05, 3.63) is 28.1 Å². The number of hydrogen-bond acceptors (Lipinski definition) is 4. The van der Waals surface area contributed by atoms with Gasteiger partial charge in [-0.3, -0.25) is 14.9 Å². The molecule has 18 heavy (non-hydrogen) atoms. The van der Waals surface area contributed by atoms with Crippen molar-refractivity contribution in [1.29, 1.82) is 0 Å². The van der Waals surface area contributed by atoms with Crippen LogP contribution < -0.4 is 5.32 Å². The van der Waals surface area contributed by atoms with Gasteiger partial charge in [0.1, 0.15) is 5.69 Å². The molecule has 0 atom stereocenters. The van der Waals surface area contributed by atoms with Crippen molar-refractivity contribution in [2.24, 2.45) is 0 Å². The third-order valence-electron chi connectivity index (χ3n) is 3.24. The summed E-state index contributed by atoms with van der Waals surface area (Å²) in [4.78, 5) is 24.1. The maximum Gasteiger partial charge on any atom is 0.287 e. The lowest BCUT2D eigenvalue weighted by Crippen LogP contribution is -2.40. The zero-order valence-electron chi connectivity index (χ0n) is 9.81. The average Bonchev–Trinajstić information content (AvgIpc) is 2.95. The molecule has 1 amide bonds. The summed E-state index contributed by atoms with van der Waals surface area (Å²) >= 11 is 0. The van der Waals surface area contributed by atoms with Gasteiger partial charge in [0.05, 0.1) is 16.7 Å². The Kier molecular flexibility index (Phi) is 3.33. The largest absolute Gasteiger partial charge is 0.388 e. The number of nitro groups is 1. The Balaban J connectivity index is 1.93. The van der Waals surface area contributed by atoms with Crippen molar-refractivity contribution in [2.75, 3.05) is 6.54 Å². The van der Waals surface area contributed by atoms with Crippen molar-refractivity contribution in [1.82, 2.24) is 10.3 Å². The highest BCUT2D eigenvalue weighted by atomic mass is 16.6. The van der Waals surface area contributed by atoms with E-state index in [1.54, 1.807) is 0 Å². The van der Waals surface area contributed by atoms with E-state index in [4.69, 9.17) is 0 Å². The minimum atomic E-state index is -0.825. The molecule has 0 bridgehead atoms. The van der Waals surface area contributed by atoms with Crippen LogP contribution in [0, 0.1) is 10.1 Å². The average molecular weight is 253 g/mol. The van der Waals surface area contributed by atoms with Crippen LogP contribution in [0.4, 0.5) is 5.69 Å². The van der Waals surface area contributed by atoms with E-state index in [0.29, 0.717) is 12.8 Å². The highest BCUT2D eigenvalue weighted by Gasteiger charge is 2.31. The minimum Gasteiger partial charge on any atom is -0.388 e. The SMILES string of the molecule is O=C(NCC1(O)CCCC1)c1cc([N+](=O)[O-])c[nH]1. The van der Waals surface area contributed by atoms with Crippen LogP contribution in [-0.4, -0.2) is 33.1 Å². The lowest BCUT2D eigenvalue weighted by atomic mass is 10.0. The Labute approximate surface area is 103 Å². The van der Waals surface area contributed by atoms with E-state index in [0.717, 1.165) is 12.8 Å². The summed E-state index contributed by atoms with van der Waals surface area (Å²) in [5.74, 6) is -0.441.